The van der Waals surface area contributed by atoms with E-state index in [9.17, 15) is 9.59 Å². The molecule has 168 valence electrons. The number of carbonyl (C=O) groups is 2. The summed E-state index contributed by atoms with van der Waals surface area (Å²) in [6.07, 6.45) is 9.01. The van der Waals surface area contributed by atoms with E-state index in [-0.39, 0.29) is 23.3 Å². The van der Waals surface area contributed by atoms with Crippen LogP contribution in [0.25, 0.3) is 0 Å². The Labute approximate surface area is 186 Å². The summed E-state index contributed by atoms with van der Waals surface area (Å²) in [4.78, 5) is 29.3. The van der Waals surface area contributed by atoms with Crippen molar-refractivity contribution in [1.29, 1.82) is 0 Å². The fraction of sp³-hybridized carbons (Fsp3) is 0.692. The van der Waals surface area contributed by atoms with E-state index in [0.717, 1.165) is 51.7 Å². The lowest BCUT2D eigenvalue weighted by atomic mass is 9.76. The number of likely N-dealkylation sites (tertiary alicyclic amines) is 2. The first kappa shape index (κ1) is 21.1. The molecule has 2 heterocycles. The molecule has 3 fully saturated rings. The third-order valence-electron chi connectivity index (χ3n) is 8.46. The molecule has 2 aliphatic heterocycles. The number of ether oxygens (including phenoxy) is 1. The second-order valence-electron chi connectivity index (χ2n) is 10.4. The summed E-state index contributed by atoms with van der Waals surface area (Å²) in [6, 6.07) is 8.77. The number of carbonyl (C=O) groups excluding carboxylic acids is 2. The molecule has 0 N–H and O–H groups in total. The highest BCUT2D eigenvalue weighted by molar-refractivity contribution is 5.98. The van der Waals surface area contributed by atoms with Crippen LogP contribution in [0, 0.1) is 11.3 Å². The number of nitrogens with zero attached hydrogens (tertiary/aromatic N) is 2. The maximum Gasteiger partial charge on any atom is 0.229 e. The van der Waals surface area contributed by atoms with E-state index >= 15 is 0 Å². The van der Waals surface area contributed by atoms with E-state index in [0.29, 0.717) is 31.2 Å². The van der Waals surface area contributed by atoms with E-state index < -0.39 is 0 Å². The van der Waals surface area contributed by atoms with E-state index in [1.807, 2.05) is 7.11 Å². The van der Waals surface area contributed by atoms with Crippen LogP contribution in [0.4, 0.5) is 0 Å². The van der Waals surface area contributed by atoms with Crippen molar-refractivity contribution in [2.24, 2.45) is 11.3 Å². The minimum atomic E-state index is 0.0111. The zero-order valence-corrected chi connectivity index (χ0v) is 18.9. The van der Waals surface area contributed by atoms with Gasteiger partial charge in [0, 0.05) is 51.4 Å². The summed E-state index contributed by atoms with van der Waals surface area (Å²) < 4.78 is 5.87. The summed E-state index contributed by atoms with van der Waals surface area (Å²) in [5.41, 5.74) is 2.87. The molecule has 5 rings (SSSR count). The van der Waals surface area contributed by atoms with Gasteiger partial charge in [-0.25, -0.2) is 0 Å². The Bertz CT molecular complexity index is 812. The summed E-state index contributed by atoms with van der Waals surface area (Å²) in [6.45, 7) is 3.92. The predicted molar refractivity (Wildman–Crippen MR) is 120 cm³/mol. The van der Waals surface area contributed by atoms with Gasteiger partial charge >= 0.3 is 0 Å². The van der Waals surface area contributed by atoms with Gasteiger partial charge in [-0.1, -0.05) is 43.5 Å². The van der Waals surface area contributed by atoms with Crippen molar-refractivity contribution in [2.75, 3.05) is 33.3 Å². The zero-order valence-electron chi connectivity index (χ0n) is 18.9. The predicted octanol–water partition coefficient (Wildman–Crippen LogP) is 4.28. The number of benzene rings is 1. The van der Waals surface area contributed by atoms with Gasteiger partial charge < -0.3 is 9.64 Å². The Kier molecular flexibility index (Phi) is 5.91. The number of unbranched alkanes of at least 4 members (excludes halogenated alkanes) is 2. The van der Waals surface area contributed by atoms with Crippen molar-refractivity contribution >= 4 is 11.8 Å². The number of methoxy groups -OCH3 is 1. The lowest BCUT2D eigenvalue weighted by Crippen LogP contribution is -2.47. The van der Waals surface area contributed by atoms with Gasteiger partial charge in [-0.05, 0) is 48.8 Å². The molecule has 1 aromatic carbocycles. The molecular weight excluding hydrogens is 388 g/mol. The molecule has 2 aliphatic carbocycles. The van der Waals surface area contributed by atoms with Crippen LogP contribution < -0.4 is 0 Å². The minimum Gasteiger partial charge on any atom is -0.376 e. The molecule has 31 heavy (non-hydrogen) atoms. The second kappa shape index (κ2) is 8.67. The molecule has 4 aliphatic rings. The highest BCUT2D eigenvalue weighted by Gasteiger charge is 2.46. The summed E-state index contributed by atoms with van der Waals surface area (Å²) in [5, 5.41) is 0. The van der Waals surface area contributed by atoms with Gasteiger partial charge in [-0.3, -0.25) is 14.5 Å². The van der Waals surface area contributed by atoms with Crippen LogP contribution in [0.3, 0.4) is 0 Å². The highest BCUT2D eigenvalue weighted by atomic mass is 16.5. The number of rotatable bonds is 7. The van der Waals surface area contributed by atoms with Gasteiger partial charge in [0.2, 0.25) is 11.8 Å². The average molecular weight is 425 g/mol. The van der Waals surface area contributed by atoms with Crippen LogP contribution in [0.5, 0.6) is 0 Å². The molecule has 5 nitrogen and oxygen atoms in total. The van der Waals surface area contributed by atoms with Crippen LogP contribution >= 0.6 is 0 Å². The first-order valence-electron chi connectivity index (χ1n) is 12.3. The standard InChI is InChI=1S/C26H36N2O3/c1-31-25-20-10-4-3-9-19(20)21-17-27(18-22(21)25)13-7-2-8-14-28-23(29)15-26(16-24(28)30)11-5-6-12-26/h3-4,9-10,21-22,25H,2,5-8,11-18H2,1H3. The van der Waals surface area contributed by atoms with Crippen LogP contribution in [-0.4, -0.2) is 54.9 Å². The van der Waals surface area contributed by atoms with Crippen LogP contribution in [0.1, 0.15) is 80.9 Å². The smallest absolute Gasteiger partial charge is 0.229 e. The average Bonchev–Trinajstić information content (AvgIpc) is 3.44. The molecule has 1 aromatic rings. The fourth-order valence-corrected chi connectivity index (χ4v) is 6.92. The Balaban J connectivity index is 1.06. The number of amides is 2. The normalized spacial score (nSPS) is 29.7. The highest BCUT2D eigenvalue weighted by Crippen LogP contribution is 2.50. The number of hydrogen-bond acceptors (Lipinski definition) is 4. The molecule has 5 heteroatoms. The fourth-order valence-electron chi connectivity index (χ4n) is 6.92. The molecule has 2 saturated heterocycles. The number of piperidine rings is 1. The van der Waals surface area contributed by atoms with Gasteiger partial charge in [0.1, 0.15) is 0 Å². The van der Waals surface area contributed by atoms with Gasteiger partial charge in [-0.2, -0.15) is 0 Å². The van der Waals surface area contributed by atoms with Gasteiger partial charge in [0.25, 0.3) is 0 Å². The second-order valence-corrected chi connectivity index (χ2v) is 10.4. The van der Waals surface area contributed by atoms with Crippen molar-refractivity contribution in [2.45, 2.75) is 69.8 Å². The van der Waals surface area contributed by atoms with Crippen molar-refractivity contribution in [3.05, 3.63) is 35.4 Å². The number of fused-ring (bicyclic) bond motifs is 3. The summed E-state index contributed by atoms with van der Waals surface area (Å²) in [5.74, 6) is 1.31. The van der Waals surface area contributed by atoms with Crippen molar-refractivity contribution < 1.29 is 14.3 Å². The molecule has 0 bridgehead atoms. The SMILES string of the molecule is COC1c2ccccc2C2CN(CCCCCN3C(=O)CC4(CCCC4)CC3=O)CC21. The lowest BCUT2D eigenvalue weighted by molar-refractivity contribution is -0.153. The maximum absolute atomic E-state index is 12.6. The van der Waals surface area contributed by atoms with E-state index in [2.05, 4.69) is 29.2 Å². The lowest BCUT2D eigenvalue weighted by Gasteiger charge is -2.37. The molecule has 2 amide bonds. The van der Waals surface area contributed by atoms with Gasteiger partial charge in [0.05, 0.1) is 6.10 Å². The van der Waals surface area contributed by atoms with E-state index in [1.54, 1.807) is 4.90 Å². The van der Waals surface area contributed by atoms with Gasteiger partial charge in [-0.15, -0.1) is 0 Å². The molecule has 1 saturated carbocycles. The van der Waals surface area contributed by atoms with Gasteiger partial charge in [0.15, 0.2) is 0 Å². The summed E-state index contributed by atoms with van der Waals surface area (Å²) in [7, 11) is 1.84. The van der Waals surface area contributed by atoms with Crippen molar-refractivity contribution in [1.82, 2.24) is 9.80 Å². The topological polar surface area (TPSA) is 49.9 Å². The number of imide groups is 1. The molecule has 0 radical (unpaired) electrons. The van der Waals surface area contributed by atoms with Crippen LogP contribution in [0.15, 0.2) is 24.3 Å². The minimum absolute atomic E-state index is 0.0111. The molecule has 3 unspecified atom stereocenters. The first-order chi connectivity index (χ1) is 15.1. The zero-order chi connectivity index (χ0) is 21.4. The third-order valence-corrected chi connectivity index (χ3v) is 8.46. The van der Waals surface area contributed by atoms with Crippen LogP contribution in [0.2, 0.25) is 0 Å². The Morgan fingerprint density at radius 1 is 0.935 bits per heavy atom. The largest absolute Gasteiger partial charge is 0.376 e. The Morgan fingerprint density at radius 3 is 2.32 bits per heavy atom. The monoisotopic (exact) mass is 424 g/mol. The summed E-state index contributed by atoms with van der Waals surface area (Å²) >= 11 is 0. The van der Waals surface area contributed by atoms with E-state index in [1.165, 1.54) is 24.0 Å². The quantitative estimate of drug-likeness (QED) is 0.484. The maximum atomic E-state index is 12.6. The molecular formula is C26H36N2O3. The molecule has 3 atom stereocenters. The third kappa shape index (κ3) is 3.95. The Morgan fingerprint density at radius 2 is 1.61 bits per heavy atom. The first-order valence-corrected chi connectivity index (χ1v) is 12.3. The molecule has 0 aromatic heterocycles. The van der Waals surface area contributed by atoms with Crippen LogP contribution in [-0.2, 0) is 14.3 Å². The Hall–Kier alpha value is -1.72. The number of hydrogen-bond donors (Lipinski definition) is 0. The van der Waals surface area contributed by atoms with Crippen molar-refractivity contribution in [3.8, 4) is 0 Å². The van der Waals surface area contributed by atoms with E-state index in [4.69, 9.17) is 4.74 Å². The van der Waals surface area contributed by atoms with Crippen molar-refractivity contribution in [3.63, 3.8) is 0 Å². The molecule has 1 spiro atoms.